The molecule has 0 radical (unpaired) electrons. The predicted molar refractivity (Wildman–Crippen MR) is 94.0 cm³/mol. The Morgan fingerprint density at radius 2 is 2.12 bits per heavy atom. The zero-order chi connectivity index (χ0) is 17.8. The van der Waals surface area contributed by atoms with Crippen LogP contribution in [0.2, 0.25) is 0 Å². The Hall–Kier alpha value is -2.87. The zero-order valence-corrected chi connectivity index (χ0v) is 14.4. The van der Waals surface area contributed by atoms with Crippen molar-refractivity contribution in [1.29, 1.82) is 0 Å². The van der Waals surface area contributed by atoms with E-state index in [1.165, 1.54) is 0 Å². The molecule has 0 unspecified atom stereocenters. The van der Waals surface area contributed by atoms with Crippen molar-refractivity contribution in [1.82, 2.24) is 29.7 Å². The predicted octanol–water partition coefficient (Wildman–Crippen LogP) is 1.60. The van der Waals surface area contributed by atoms with E-state index in [0.717, 1.165) is 43.7 Å². The SMILES string of the molecule is O=c1cc(-c2cccnc2)ncn1CC1CCN(Cc2cnon2)CC1. The number of rotatable bonds is 5. The van der Waals surface area contributed by atoms with Crippen LogP contribution in [0, 0.1) is 5.92 Å². The maximum Gasteiger partial charge on any atom is 0.253 e. The number of hydrogen-bond acceptors (Lipinski definition) is 7. The first-order chi connectivity index (χ1) is 12.8. The van der Waals surface area contributed by atoms with Gasteiger partial charge in [-0.15, -0.1) is 0 Å². The third-order valence-electron chi connectivity index (χ3n) is 4.79. The van der Waals surface area contributed by atoms with Gasteiger partial charge in [-0.2, -0.15) is 0 Å². The first-order valence-electron chi connectivity index (χ1n) is 8.73. The van der Waals surface area contributed by atoms with E-state index in [2.05, 4.69) is 29.8 Å². The molecule has 1 saturated heterocycles. The van der Waals surface area contributed by atoms with Crippen molar-refractivity contribution >= 4 is 0 Å². The molecule has 1 aliphatic rings. The lowest BCUT2D eigenvalue weighted by Gasteiger charge is -2.31. The third kappa shape index (κ3) is 3.85. The minimum atomic E-state index is -0.0186. The van der Waals surface area contributed by atoms with Crippen molar-refractivity contribution in [2.75, 3.05) is 13.1 Å². The summed E-state index contributed by atoms with van der Waals surface area (Å²) in [6, 6.07) is 5.33. The van der Waals surface area contributed by atoms with Gasteiger partial charge >= 0.3 is 0 Å². The number of pyridine rings is 1. The molecule has 1 fully saturated rings. The van der Waals surface area contributed by atoms with Gasteiger partial charge in [-0.25, -0.2) is 9.61 Å². The van der Waals surface area contributed by atoms with Gasteiger partial charge in [-0.3, -0.25) is 19.2 Å². The fraction of sp³-hybridized carbons (Fsp3) is 0.389. The van der Waals surface area contributed by atoms with Crippen molar-refractivity contribution in [3.8, 4) is 11.3 Å². The van der Waals surface area contributed by atoms with Crippen LogP contribution in [0.5, 0.6) is 0 Å². The molecule has 8 heteroatoms. The second-order valence-electron chi connectivity index (χ2n) is 6.62. The second kappa shape index (κ2) is 7.57. The molecular formula is C18H20N6O2. The molecule has 8 nitrogen and oxygen atoms in total. The lowest BCUT2D eigenvalue weighted by molar-refractivity contribution is 0.162. The number of nitrogens with zero attached hydrogens (tertiary/aromatic N) is 6. The van der Waals surface area contributed by atoms with Crippen molar-refractivity contribution in [2.24, 2.45) is 5.92 Å². The van der Waals surface area contributed by atoms with Gasteiger partial charge in [0.15, 0.2) is 0 Å². The molecule has 4 rings (SSSR count). The summed E-state index contributed by atoms with van der Waals surface area (Å²) in [7, 11) is 0. The lowest BCUT2D eigenvalue weighted by atomic mass is 9.96. The van der Waals surface area contributed by atoms with Crippen LogP contribution in [0.3, 0.4) is 0 Å². The molecular weight excluding hydrogens is 332 g/mol. The first-order valence-corrected chi connectivity index (χ1v) is 8.73. The van der Waals surface area contributed by atoms with Crippen molar-refractivity contribution in [3.05, 3.63) is 59.2 Å². The van der Waals surface area contributed by atoms with E-state index in [0.29, 0.717) is 18.2 Å². The van der Waals surface area contributed by atoms with Crippen LogP contribution in [0.4, 0.5) is 0 Å². The van der Waals surface area contributed by atoms with Gasteiger partial charge in [0.25, 0.3) is 5.56 Å². The smallest absolute Gasteiger partial charge is 0.253 e. The Morgan fingerprint density at radius 3 is 2.81 bits per heavy atom. The van der Waals surface area contributed by atoms with Gasteiger partial charge in [-0.1, -0.05) is 10.3 Å². The van der Waals surface area contributed by atoms with Crippen LogP contribution in [0.15, 0.2) is 52.5 Å². The molecule has 0 bridgehead atoms. The minimum Gasteiger partial charge on any atom is -0.299 e. The molecule has 0 N–H and O–H groups in total. The van der Waals surface area contributed by atoms with E-state index in [4.69, 9.17) is 0 Å². The van der Waals surface area contributed by atoms with E-state index in [1.54, 1.807) is 35.6 Å². The summed E-state index contributed by atoms with van der Waals surface area (Å²) in [5, 5.41) is 7.49. The molecule has 0 amide bonds. The summed E-state index contributed by atoms with van der Waals surface area (Å²) in [6.45, 7) is 3.43. The molecule has 0 spiro atoms. The van der Waals surface area contributed by atoms with Gasteiger partial charge in [-0.05, 0) is 44.0 Å². The van der Waals surface area contributed by atoms with Crippen LogP contribution < -0.4 is 5.56 Å². The summed E-state index contributed by atoms with van der Waals surface area (Å²) in [5.74, 6) is 0.477. The van der Waals surface area contributed by atoms with Gasteiger partial charge in [0.1, 0.15) is 5.69 Å². The zero-order valence-electron chi connectivity index (χ0n) is 14.4. The number of hydrogen-bond donors (Lipinski definition) is 0. The molecule has 0 atom stereocenters. The lowest BCUT2D eigenvalue weighted by Crippen LogP contribution is -2.36. The van der Waals surface area contributed by atoms with Crippen molar-refractivity contribution in [2.45, 2.75) is 25.9 Å². The van der Waals surface area contributed by atoms with E-state index in [9.17, 15) is 4.79 Å². The summed E-state index contributed by atoms with van der Waals surface area (Å²) >= 11 is 0. The third-order valence-corrected chi connectivity index (χ3v) is 4.79. The fourth-order valence-electron chi connectivity index (χ4n) is 3.32. The Balaban J connectivity index is 1.35. The summed E-state index contributed by atoms with van der Waals surface area (Å²) in [4.78, 5) is 23.3. The molecule has 26 heavy (non-hydrogen) atoms. The maximum atomic E-state index is 12.4. The van der Waals surface area contributed by atoms with E-state index < -0.39 is 0 Å². The van der Waals surface area contributed by atoms with Crippen molar-refractivity contribution < 1.29 is 4.63 Å². The molecule has 0 saturated carbocycles. The largest absolute Gasteiger partial charge is 0.299 e. The summed E-state index contributed by atoms with van der Waals surface area (Å²) in [6.07, 6.45) is 8.81. The Kier molecular flexibility index (Phi) is 4.83. The van der Waals surface area contributed by atoms with Crippen LogP contribution in [0.1, 0.15) is 18.5 Å². The monoisotopic (exact) mass is 352 g/mol. The second-order valence-corrected chi connectivity index (χ2v) is 6.62. The average Bonchev–Trinajstić information content (AvgIpc) is 3.19. The maximum absolute atomic E-state index is 12.4. The number of piperidine rings is 1. The van der Waals surface area contributed by atoms with Gasteiger partial charge in [0.2, 0.25) is 0 Å². The minimum absolute atomic E-state index is 0.0186. The topological polar surface area (TPSA) is 89.9 Å². The highest BCUT2D eigenvalue weighted by Crippen LogP contribution is 2.20. The van der Waals surface area contributed by atoms with E-state index >= 15 is 0 Å². The van der Waals surface area contributed by atoms with Crippen LogP contribution in [0.25, 0.3) is 11.3 Å². The Bertz CT molecular complexity index is 886. The molecule has 0 aromatic carbocycles. The molecule has 0 aliphatic carbocycles. The molecule has 3 aromatic rings. The molecule has 134 valence electrons. The molecule has 1 aliphatic heterocycles. The average molecular weight is 352 g/mol. The quantitative estimate of drug-likeness (QED) is 0.689. The number of aromatic nitrogens is 5. The van der Waals surface area contributed by atoms with Crippen LogP contribution >= 0.6 is 0 Å². The van der Waals surface area contributed by atoms with Gasteiger partial charge in [0, 0.05) is 37.1 Å². The van der Waals surface area contributed by atoms with Crippen molar-refractivity contribution in [3.63, 3.8) is 0 Å². The van der Waals surface area contributed by atoms with Crippen LogP contribution in [-0.4, -0.2) is 42.8 Å². The normalized spacial score (nSPS) is 16.0. The van der Waals surface area contributed by atoms with Gasteiger partial charge in [0.05, 0.1) is 18.2 Å². The van der Waals surface area contributed by atoms with E-state index in [1.807, 2.05) is 12.1 Å². The van der Waals surface area contributed by atoms with Gasteiger partial charge < -0.3 is 0 Å². The summed E-state index contributed by atoms with van der Waals surface area (Å²) < 4.78 is 6.35. The van der Waals surface area contributed by atoms with E-state index in [-0.39, 0.29) is 5.56 Å². The Labute approximate surface area is 150 Å². The highest BCUT2D eigenvalue weighted by Gasteiger charge is 2.21. The highest BCUT2D eigenvalue weighted by molar-refractivity contribution is 5.56. The summed E-state index contributed by atoms with van der Waals surface area (Å²) in [5.41, 5.74) is 2.35. The first kappa shape index (κ1) is 16.6. The highest BCUT2D eigenvalue weighted by atomic mass is 16.6. The van der Waals surface area contributed by atoms with Crippen LogP contribution in [-0.2, 0) is 13.1 Å². The molecule has 4 heterocycles. The molecule has 3 aromatic heterocycles. The Morgan fingerprint density at radius 1 is 1.23 bits per heavy atom. The fourth-order valence-corrected chi connectivity index (χ4v) is 3.32. The standard InChI is InChI=1S/C18H20N6O2/c25-18-8-17(15-2-1-5-19-9-15)20-13-24(18)11-14-3-6-23(7-4-14)12-16-10-21-26-22-16/h1-2,5,8-10,13-14H,3-4,6-7,11-12H2. The number of likely N-dealkylation sites (tertiary alicyclic amines) is 1.